The fourth-order valence-corrected chi connectivity index (χ4v) is 4.26. The molecule has 0 unspecified atom stereocenters. The van der Waals surface area contributed by atoms with Crippen LogP contribution in [0.3, 0.4) is 0 Å². The topological polar surface area (TPSA) is 122 Å². The van der Waals surface area contributed by atoms with Gasteiger partial charge < -0.3 is 9.32 Å². The predicted octanol–water partition coefficient (Wildman–Crippen LogP) is 2.31. The van der Waals surface area contributed by atoms with Crippen LogP contribution in [0.1, 0.15) is 27.9 Å². The summed E-state index contributed by atoms with van der Waals surface area (Å²) >= 11 is 1.29. The highest BCUT2D eigenvalue weighted by Gasteiger charge is 2.35. The maximum absolute atomic E-state index is 12.4. The van der Waals surface area contributed by atoms with E-state index in [4.69, 9.17) is 4.42 Å². The van der Waals surface area contributed by atoms with Crippen LogP contribution in [0.5, 0.6) is 0 Å². The van der Waals surface area contributed by atoms with Crippen LogP contribution in [0, 0.1) is 0 Å². The molecule has 0 radical (unpaired) electrons. The first kappa shape index (κ1) is 19.3. The number of carbonyl (C=O) groups excluding carboxylic acids is 2. The van der Waals surface area contributed by atoms with E-state index >= 15 is 0 Å². The normalized spacial score (nSPS) is 16.9. The van der Waals surface area contributed by atoms with Crippen LogP contribution in [0.15, 0.2) is 51.1 Å². The van der Waals surface area contributed by atoms with Gasteiger partial charge in [0.15, 0.2) is 9.84 Å². The monoisotopic (exact) mass is 432 g/mol. The van der Waals surface area contributed by atoms with Crippen LogP contribution in [-0.4, -0.2) is 43.2 Å². The van der Waals surface area contributed by atoms with Gasteiger partial charge in [0.05, 0.1) is 15.7 Å². The summed E-state index contributed by atoms with van der Waals surface area (Å²) in [5, 5.41) is 12.1. The van der Waals surface area contributed by atoms with Gasteiger partial charge in [0.25, 0.3) is 5.91 Å². The van der Waals surface area contributed by atoms with Crippen LogP contribution in [0.2, 0.25) is 0 Å². The number of amides is 2. The summed E-state index contributed by atoms with van der Waals surface area (Å²) in [4.78, 5) is 26.7. The fourth-order valence-electron chi connectivity index (χ4n) is 3.01. The zero-order valence-corrected chi connectivity index (χ0v) is 16.9. The van der Waals surface area contributed by atoms with E-state index in [1.807, 2.05) is 0 Å². The third-order valence-corrected chi connectivity index (χ3v) is 6.45. The van der Waals surface area contributed by atoms with Crippen LogP contribution in [-0.2, 0) is 14.6 Å². The summed E-state index contributed by atoms with van der Waals surface area (Å²) in [6.45, 7) is 0.317. The summed E-state index contributed by atoms with van der Waals surface area (Å²) in [6, 6.07) is 9.54. The molecular weight excluding hydrogens is 416 g/mol. The molecule has 0 aliphatic carbocycles. The second-order valence-corrected chi connectivity index (χ2v) is 9.51. The van der Waals surface area contributed by atoms with Gasteiger partial charge in [-0.3, -0.25) is 14.9 Å². The van der Waals surface area contributed by atoms with Crippen LogP contribution in [0.25, 0.3) is 0 Å². The summed E-state index contributed by atoms with van der Waals surface area (Å²) < 4.78 is 28.7. The van der Waals surface area contributed by atoms with Gasteiger partial charge in [-0.15, -0.1) is 16.4 Å². The third kappa shape index (κ3) is 4.05. The second kappa shape index (κ2) is 7.41. The van der Waals surface area contributed by atoms with E-state index in [-0.39, 0.29) is 41.0 Å². The molecule has 29 heavy (non-hydrogen) atoms. The molecule has 1 fully saturated rings. The number of hydrogen-bond donors (Lipinski definition) is 1. The number of aromatic nitrogens is 2. The van der Waals surface area contributed by atoms with Gasteiger partial charge in [0.1, 0.15) is 0 Å². The van der Waals surface area contributed by atoms with E-state index < -0.39 is 9.84 Å². The van der Waals surface area contributed by atoms with Crippen molar-refractivity contribution in [3.63, 3.8) is 0 Å². The van der Waals surface area contributed by atoms with Gasteiger partial charge in [-0.05, 0) is 35.7 Å². The molecule has 0 bridgehead atoms. The molecule has 2 aromatic heterocycles. The molecule has 3 aromatic rings. The van der Waals surface area contributed by atoms with Gasteiger partial charge >= 0.3 is 6.01 Å². The highest BCUT2D eigenvalue weighted by molar-refractivity contribution is 7.90. The standard InChI is InChI=1S/C18H16N4O5S2/c1-29(25,26)13-6-4-12(5-7-13)22-10-11(9-15(22)23)17-20-21-18(27-17)19-16(24)14-3-2-8-28-14/h2-8,11H,9-10H2,1H3,(H,19,21,24)/t11-/m0/s1. The van der Waals surface area contributed by atoms with Crippen molar-refractivity contribution >= 4 is 44.7 Å². The first-order valence-corrected chi connectivity index (χ1v) is 11.4. The number of carbonyl (C=O) groups is 2. The number of sulfone groups is 1. The lowest BCUT2D eigenvalue weighted by molar-refractivity contribution is -0.117. The zero-order chi connectivity index (χ0) is 20.6. The average Bonchev–Trinajstić information content (AvgIpc) is 3.41. The van der Waals surface area contributed by atoms with Gasteiger partial charge in [-0.25, -0.2) is 8.42 Å². The molecule has 2 amide bonds. The summed E-state index contributed by atoms with van der Waals surface area (Å²) in [6.07, 6.45) is 1.30. The maximum Gasteiger partial charge on any atom is 0.322 e. The van der Waals surface area contributed by atoms with Gasteiger partial charge in [-0.2, -0.15) is 0 Å². The largest absolute Gasteiger partial charge is 0.407 e. The maximum atomic E-state index is 12.4. The molecule has 1 N–H and O–H groups in total. The number of anilines is 2. The number of thiophene rings is 1. The van der Waals surface area contributed by atoms with E-state index in [1.165, 1.54) is 23.5 Å². The van der Waals surface area contributed by atoms with Gasteiger partial charge in [-0.1, -0.05) is 11.2 Å². The first-order valence-electron chi connectivity index (χ1n) is 8.60. The molecule has 11 heteroatoms. The highest BCUT2D eigenvalue weighted by atomic mass is 32.2. The molecule has 1 aliphatic heterocycles. The molecule has 4 rings (SSSR count). The lowest BCUT2D eigenvalue weighted by Crippen LogP contribution is -2.24. The highest BCUT2D eigenvalue weighted by Crippen LogP contribution is 2.32. The summed E-state index contributed by atoms with van der Waals surface area (Å²) in [7, 11) is -3.30. The van der Waals surface area contributed by atoms with Crippen molar-refractivity contribution < 1.29 is 22.4 Å². The van der Waals surface area contributed by atoms with Crippen molar-refractivity contribution in [2.45, 2.75) is 17.2 Å². The van der Waals surface area contributed by atoms with Crippen LogP contribution >= 0.6 is 11.3 Å². The quantitative estimate of drug-likeness (QED) is 0.656. The van der Waals surface area contributed by atoms with Crippen molar-refractivity contribution in [2.75, 3.05) is 23.0 Å². The SMILES string of the molecule is CS(=O)(=O)c1ccc(N2C[C@@H](c3nnc(NC(=O)c4cccs4)o3)CC2=O)cc1. The summed E-state index contributed by atoms with van der Waals surface area (Å²) in [5.74, 6) is -0.540. The molecule has 1 aliphatic rings. The van der Waals surface area contributed by atoms with E-state index in [0.717, 1.165) is 6.26 Å². The fraction of sp³-hybridized carbons (Fsp3) is 0.222. The second-order valence-electron chi connectivity index (χ2n) is 6.55. The number of nitrogens with zero attached hydrogens (tertiary/aromatic N) is 3. The van der Waals surface area contributed by atoms with Crippen molar-refractivity contribution in [3.8, 4) is 0 Å². The minimum atomic E-state index is -3.30. The molecule has 1 atom stereocenters. The van der Waals surface area contributed by atoms with Crippen molar-refractivity contribution in [1.82, 2.24) is 10.2 Å². The van der Waals surface area contributed by atoms with Crippen LogP contribution < -0.4 is 10.2 Å². The van der Waals surface area contributed by atoms with Crippen molar-refractivity contribution in [2.24, 2.45) is 0 Å². The number of rotatable bonds is 5. The Morgan fingerprint density at radius 2 is 2.00 bits per heavy atom. The zero-order valence-electron chi connectivity index (χ0n) is 15.2. The Labute approximate surface area is 170 Å². The Kier molecular flexibility index (Phi) is 4.92. The lowest BCUT2D eigenvalue weighted by atomic mass is 10.1. The van der Waals surface area contributed by atoms with Gasteiger partial charge in [0, 0.05) is 24.9 Å². The molecule has 0 spiro atoms. The smallest absolute Gasteiger partial charge is 0.322 e. The Balaban J connectivity index is 1.45. The van der Waals surface area contributed by atoms with Crippen molar-refractivity contribution in [3.05, 3.63) is 52.5 Å². The Morgan fingerprint density at radius 1 is 1.24 bits per heavy atom. The van der Waals surface area contributed by atoms with Crippen molar-refractivity contribution in [1.29, 1.82) is 0 Å². The molecular formula is C18H16N4O5S2. The average molecular weight is 432 g/mol. The minimum absolute atomic E-state index is 0.0261. The third-order valence-electron chi connectivity index (χ3n) is 4.46. The Hall–Kier alpha value is -3.05. The lowest BCUT2D eigenvalue weighted by Gasteiger charge is -2.16. The number of hydrogen-bond acceptors (Lipinski definition) is 8. The molecule has 150 valence electrons. The van der Waals surface area contributed by atoms with Crippen LogP contribution in [0.4, 0.5) is 11.7 Å². The van der Waals surface area contributed by atoms with E-state index in [0.29, 0.717) is 17.1 Å². The molecule has 0 saturated carbocycles. The predicted molar refractivity (Wildman–Crippen MR) is 106 cm³/mol. The molecule has 1 aromatic carbocycles. The summed E-state index contributed by atoms with van der Waals surface area (Å²) in [5.41, 5.74) is 0.593. The number of benzene rings is 1. The van der Waals surface area contributed by atoms with E-state index in [9.17, 15) is 18.0 Å². The Morgan fingerprint density at radius 3 is 2.66 bits per heavy atom. The first-order chi connectivity index (χ1) is 13.8. The Bertz CT molecular complexity index is 1150. The van der Waals surface area contributed by atoms with Gasteiger partial charge in [0.2, 0.25) is 11.8 Å². The molecule has 1 saturated heterocycles. The van der Waals surface area contributed by atoms with E-state index in [1.54, 1.807) is 34.5 Å². The number of nitrogens with one attached hydrogen (secondary N) is 1. The van der Waals surface area contributed by atoms with E-state index in [2.05, 4.69) is 15.5 Å². The molecule has 9 nitrogen and oxygen atoms in total. The molecule has 3 heterocycles. The minimum Gasteiger partial charge on any atom is -0.407 e.